The number of carbonyl (C=O) groups is 1. The summed E-state index contributed by atoms with van der Waals surface area (Å²) in [5.74, 6) is 0.479. The molecule has 0 aliphatic heterocycles. The van der Waals surface area contributed by atoms with Crippen molar-refractivity contribution in [3.8, 4) is 11.8 Å². The second-order valence-corrected chi connectivity index (χ2v) is 3.03. The Labute approximate surface area is 94.4 Å². The summed E-state index contributed by atoms with van der Waals surface area (Å²) in [4.78, 5) is 10.5. The molecule has 1 rings (SSSR count). The summed E-state index contributed by atoms with van der Waals surface area (Å²) in [6, 6.07) is 6.72. The number of hydrogen-bond donors (Lipinski definition) is 0. The first-order valence-electron chi connectivity index (χ1n) is 5.01. The van der Waals surface area contributed by atoms with Gasteiger partial charge in [0.15, 0.2) is 0 Å². The van der Waals surface area contributed by atoms with Gasteiger partial charge in [-0.25, -0.2) is 0 Å². The Kier molecular flexibility index (Phi) is 5.03. The normalized spacial score (nSPS) is 9.50. The highest BCUT2D eigenvalue weighted by atomic mass is 16.5. The van der Waals surface area contributed by atoms with Gasteiger partial charge >= 0.3 is 0 Å². The molecule has 1 aromatic rings. The average Bonchev–Trinajstić information content (AvgIpc) is 2.34. The largest absolute Gasteiger partial charge is 0.490 e. The zero-order valence-electron chi connectivity index (χ0n) is 9.10. The van der Waals surface area contributed by atoms with Crippen LogP contribution in [-0.4, -0.2) is 26.1 Å². The van der Waals surface area contributed by atoms with Gasteiger partial charge in [0.1, 0.15) is 24.7 Å². The third-order valence-electron chi connectivity index (χ3n) is 1.95. The molecule has 0 radical (unpaired) electrons. The lowest BCUT2D eigenvalue weighted by Crippen LogP contribution is -2.07. The lowest BCUT2D eigenvalue weighted by atomic mass is 10.1. The van der Waals surface area contributed by atoms with Crippen molar-refractivity contribution in [1.82, 2.24) is 0 Å². The van der Waals surface area contributed by atoms with Crippen LogP contribution in [0.15, 0.2) is 18.2 Å². The van der Waals surface area contributed by atoms with Gasteiger partial charge in [0, 0.05) is 12.2 Å². The van der Waals surface area contributed by atoms with E-state index in [1.807, 2.05) is 13.0 Å². The first-order chi connectivity index (χ1) is 7.81. The van der Waals surface area contributed by atoms with Crippen LogP contribution in [0.1, 0.15) is 22.8 Å². The van der Waals surface area contributed by atoms with E-state index < -0.39 is 0 Å². The van der Waals surface area contributed by atoms with E-state index in [-0.39, 0.29) is 0 Å². The number of hydrogen-bond acceptors (Lipinski definition) is 4. The molecule has 0 unspecified atom stereocenters. The van der Waals surface area contributed by atoms with Gasteiger partial charge in [-0.2, -0.15) is 5.26 Å². The summed E-state index contributed by atoms with van der Waals surface area (Å²) < 4.78 is 10.5. The van der Waals surface area contributed by atoms with Crippen molar-refractivity contribution in [2.75, 3.05) is 19.8 Å². The SMILES string of the molecule is CCOCCOc1ccc(C=O)cc1C#N. The maximum atomic E-state index is 10.5. The van der Waals surface area contributed by atoms with Gasteiger partial charge in [0.2, 0.25) is 0 Å². The van der Waals surface area contributed by atoms with Crippen LogP contribution in [0.3, 0.4) is 0 Å². The Morgan fingerprint density at radius 3 is 2.88 bits per heavy atom. The van der Waals surface area contributed by atoms with Gasteiger partial charge in [0.25, 0.3) is 0 Å². The molecule has 84 valence electrons. The van der Waals surface area contributed by atoms with Crippen molar-refractivity contribution in [2.24, 2.45) is 0 Å². The van der Waals surface area contributed by atoms with Gasteiger partial charge in [-0.1, -0.05) is 0 Å². The highest BCUT2D eigenvalue weighted by Crippen LogP contribution is 2.18. The zero-order chi connectivity index (χ0) is 11.8. The number of carbonyl (C=O) groups excluding carboxylic acids is 1. The van der Waals surface area contributed by atoms with E-state index in [9.17, 15) is 4.79 Å². The molecule has 0 saturated heterocycles. The summed E-state index contributed by atoms with van der Waals surface area (Å²) in [6.45, 7) is 3.41. The molecule has 0 amide bonds. The standard InChI is InChI=1S/C12H13NO3/c1-2-15-5-6-16-12-4-3-10(9-14)7-11(12)8-13/h3-4,7,9H,2,5-6H2,1H3. The lowest BCUT2D eigenvalue weighted by molar-refractivity contribution is 0.110. The first kappa shape index (κ1) is 12.2. The zero-order valence-corrected chi connectivity index (χ0v) is 9.10. The smallest absolute Gasteiger partial charge is 0.150 e. The Morgan fingerprint density at radius 1 is 1.44 bits per heavy atom. The molecular weight excluding hydrogens is 206 g/mol. The second-order valence-electron chi connectivity index (χ2n) is 3.03. The minimum absolute atomic E-state index is 0.362. The van der Waals surface area contributed by atoms with E-state index in [0.29, 0.717) is 43.0 Å². The Morgan fingerprint density at radius 2 is 2.25 bits per heavy atom. The van der Waals surface area contributed by atoms with Crippen molar-refractivity contribution < 1.29 is 14.3 Å². The van der Waals surface area contributed by atoms with E-state index >= 15 is 0 Å². The third-order valence-corrected chi connectivity index (χ3v) is 1.95. The van der Waals surface area contributed by atoms with Crippen LogP contribution in [0.25, 0.3) is 0 Å². The lowest BCUT2D eigenvalue weighted by Gasteiger charge is -2.07. The van der Waals surface area contributed by atoms with Gasteiger partial charge in [0.05, 0.1) is 12.2 Å². The number of rotatable bonds is 6. The number of ether oxygens (including phenoxy) is 2. The maximum absolute atomic E-state index is 10.5. The fourth-order valence-electron chi connectivity index (χ4n) is 1.19. The quantitative estimate of drug-likeness (QED) is 0.540. The molecule has 0 N–H and O–H groups in total. The molecule has 4 nitrogen and oxygen atoms in total. The Balaban J connectivity index is 2.65. The van der Waals surface area contributed by atoms with E-state index in [1.54, 1.807) is 12.1 Å². The van der Waals surface area contributed by atoms with Gasteiger partial charge in [-0.3, -0.25) is 4.79 Å². The topological polar surface area (TPSA) is 59.3 Å². The molecule has 0 aromatic heterocycles. The molecule has 0 bridgehead atoms. The molecule has 16 heavy (non-hydrogen) atoms. The van der Waals surface area contributed by atoms with E-state index in [1.165, 1.54) is 6.07 Å². The molecule has 0 aliphatic carbocycles. The highest BCUT2D eigenvalue weighted by Gasteiger charge is 2.04. The number of nitrogens with zero attached hydrogens (tertiary/aromatic N) is 1. The van der Waals surface area contributed by atoms with Crippen molar-refractivity contribution >= 4 is 6.29 Å². The molecule has 0 saturated carbocycles. The van der Waals surface area contributed by atoms with Gasteiger partial charge in [-0.15, -0.1) is 0 Å². The molecule has 0 atom stereocenters. The molecule has 4 heteroatoms. The molecular formula is C12H13NO3. The number of benzene rings is 1. The van der Waals surface area contributed by atoms with Gasteiger partial charge in [-0.05, 0) is 25.1 Å². The summed E-state index contributed by atoms with van der Waals surface area (Å²) >= 11 is 0. The van der Waals surface area contributed by atoms with Crippen molar-refractivity contribution in [2.45, 2.75) is 6.92 Å². The summed E-state index contributed by atoms with van der Waals surface area (Å²) in [5, 5.41) is 8.86. The summed E-state index contributed by atoms with van der Waals surface area (Å²) in [5.41, 5.74) is 0.829. The third kappa shape index (κ3) is 3.37. The van der Waals surface area contributed by atoms with E-state index in [2.05, 4.69) is 0 Å². The fourth-order valence-corrected chi connectivity index (χ4v) is 1.19. The van der Waals surface area contributed by atoms with Crippen LogP contribution in [0.2, 0.25) is 0 Å². The van der Waals surface area contributed by atoms with E-state index in [0.717, 1.165) is 0 Å². The number of nitriles is 1. The average molecular weight is 219 g/mol. The van der Waals surface area contributed by atoms with Crippen LogP contribution >= 0.6 is 0 Å². The maximum Gasteiger partial charge on any atom is 0.150 e. The summed E-state index contributed by atoms with van der Waals surface area (Å²) in [6.07, 6.45) is 0.699. The van der Waals surface area contributed by atoms with Crippen LogP contribution < -0.4 is 4.74 Å². The first-order valence-corrected chi connectivity index (χ1v) is 5.01. The second kappa shape index (κ2) is 6.59. The van der Waals surface area contributed by atoms with E-state index in [4.69, 9.17) is 14.7 Å². The predicted molar refractivity (Wildman–Crippen MR) is 58.5 cm³/mol. The van der Waals surface area contributed by atoms with Crippen molar-refractivity contribution in [1.29, 1.82) is 5.26 Å². The minimum Gasteiger partial charge on any atom is -0.490 e. The van der Waals surface area contributed by atoms with Crippen LogP contribution in [-0.2, 0) is 4.74 Å². The van der Waals surface area contributed by atoms with Crippen molar-refractivity contribution in [3.05, 3.63) is 29.3 Å². The Bertz CT molecular complexity index is 396. The van der Waals surface area contributed by atoms with Crippen LogP contribution in [0, 0.1) is 11.3 Å². The predicted octanol–water partition coefficient (Wildman–Crippen LogP) is 1.79. The highest BCUT2D eigenvalue weighted by molar-refractivity contribution is 5.76. The molecule has 0 spiro atoms. The minimum atomic E-state index is 0.362. The molecule has 1 aromatic carbocycles. The van der Waals surface area contributed by atoms with Crippen molar-refractivity contribution in [3.63, 3.8) is 0 Å². The summed E-state index contributed by atoms with van der Waals surface area (Å²) in [7, 11) is 0. The molecule has 0 heterocycles. The number of aldehydes is 1. The monoisotopic (exact) mass is 219 g/mol. The van der Waals surface area contributed by atoms with Gasteiger partial charge < -0.3 is 9.47 Å². The fraction of sp³-hybridized carbons (Fsp3) is 0.333. The Hall–Kier alpha value is -1.86. The molecule has 0 aliphatic rings. The van der Waals surface area contributed by atoms with Crippen LogP contribution in [0.5, 0.6) is 5.75 Å². The van der Waals surface area contributed by atoms with Crippen LogP contribution in [0.4, 0.5) is 0 Å². The molecule has 0 fully saturated rings.